The number of aliphatic hydroxyl groups excluding tert-OH is 1. The second-order valence-corrected chi connectivity index (χ2v) is 24.5. The fraction of sp³-hybridized carbons (Fsp3) is 0.344. The maximum absolute atomic E-state index is 15.3. The lowest BCUT2D eigenvalue weighted by Crippen LogP contribution is -2.64. The molecule has 16 N–H and O–H groups in total. The van der Waals surface area contributed by atoms with Crippen LogP contribution in [0, 0.1) is 0 Å². The predicted molar refractivity (Wildman–Crippen MR) is 343 cm³/mol. The summed E-state index contributed by atoms with van der Waals surface area (Å²) in [5.41, 5.74) is 15.2. The molecule has 0 saturated carbocycles. The number of phenolic OH excluding ortho intramolecular Hbond substituents is 1. The van der Waals surface area contributed by atoms with E-state index in [2.05, 4.69) is 47.5 Å². The number of carboxylic acids is 1. The molecule has 9 amide bonds. The number of hydrogen-bond acceptors (Lipinski definition) is 16. The minimum atomic E-state index is -1.95. The highest BCUT2D eigenvalue weighted by Crippen LogP contribution is 2.25. The topological polar surface area (TPSA) is 399 Å². The zero-order valence-electron chi connectivity index (χ0n) is 50.0. The van der Waals surface area contributed by atoms with E-state index in [-0.39, 0.29) is 67.9 Å². The fourth-order valence-corrected chi connectivity index (χ4v) is 12.2. The Balaban J connectivity index is 1.32. The van der Waals surface area contributed by atoms with Crippen molar-refractivity contribution in [2.75, 3.05) is 25.1 Å². The Labute approximate surface area is 533 Å². The highest BCUT2D eigenvalue weighted by Gasteiger charge is 2.39. The van der Waals surface area contributed by atoms with Gasteiger partial charge in [-0.15, -0.1) is 0 Å². The van der Waals surface area contributed by atoms with Crippen LogP contribution in [0.2, 0.25) is 0 Å². The first-order valence-corrected chi connectivity index (χ1v) is 31.9. The van der Waals surface area contributed by atoms with Crippen molar-refractivity contribution in [3.05, 3.63) is 174 Å². The summed E-state index contributed by atoms with van der Waals surface area (Å²) in [5, 5.41) is 53.2. The summed E-state index contributed by atoms with van der Waals surface area (Å²) in [5.74, 6) is -10.7. The standard InChI is InChI=1S/C64H76N12O13S2/c1-37(77)53-61(85)70-48(31-38-16-6-3-7-17-38)57(81)73-52(64(88)89)36-91-90-35-51(72-55(79)45(66)30-40-25-27-43(78)28-26-40)60(84)69-49(32-39-18-8-4-9-19-39)59(83)75-54(76(2)63(87)41-20-10-5-11-21-41)62(86)71-50(33-42-34-67-46-23-13-12-22-44(42)46)58(82)68-47(56(80)74-53)24-14-15-29-65/h3-13,16-23,25-28,34,37,45,47-54,67,77-78H,14-15,24,29-33,35-36,65-66H2,1-2H3,(H,68,82)(H,69,84)(H,70,85)(H,71,86)(H,72,79)(H,73,81)(H,74,80)(H,75,83)(H,88,89)/t37-,45+,47+,48+,49+,50-,51+,52+,53-,54-/m1/s1. The molecule has 5 aromatic carbocycles. The van der Waals surface area contributed by atoms with Gasteiger partial charge in [-0.05, 0) is 91.7 Å². The number of carbonyl (C=O) groups is 10. The number of aliphatic hydroxyl groups is 1. The Morgan fingerprint density at radius 1 is 0.604 bits per heavy atom. The van der Waals surface area contributed by atoms with Gasteiger partial charge < -0.3 is 79.2 Å². The zero-order chi connectivity index (χ0) is 65.6. The molecule has 6 aromatic rings. The lowest BCUT2D eigenvalue weighted by atomic mass is 10.0. The summed E-state index contributed by atoms with van der Waals surface area (Å²) in [7, 11) is 3.06. The van der Waals surface area contributed by atoms with Crippen molar-refractivity contribution in [1.29, 1.82) is 0 Å². The Morgan fingerprint density at radius 3 is 1.75 bits per heavy atom. The van der Waals surface area contributed by atoms with E-state index >= 15 is 14.4 Å². The number of likely N-dealkylation sites (N-methyl/N-ethyl adjacent to an activating group) is 1. The Kier molecular flexibility index (Phi) is 25.9. The molecule has 7 rings (SSSR count). The number of carboxylic acid groups (broad SMARTS) is 1. The van der Waals surface area contributed by atoms with Gasteiger partial charge in [-0.1, -0.05) is 131 Å². The normalized spacial score (nSPS) is 21.9. The summed E-state index contributed by atoms with van der Waals surface area (Å²) in [4.78, 5) is 149. The van der Waals surface area contributed by atoms with Crippen LogP contribution in [-0.2, 0) is 68.8 Å². The molecule has 0 unspecified atom stereocenters. The number of nitrogens with one attached hydrogen (secondary N) is 9. The number of nitrogens with two attached hydrogens (primary N) is 2. The molecule has 0 spiro atoms. The molecule has 91 heavy (non-hydrogen) atoms. The molecule has 1 saturated heterocycles. The number of benzene rings is 5. The van der Waals surface area contributed by atoms with Crippen molar-refractivity contribution in [3.63, 3.8) is 0 Å². The van der Waals surface area contributed by atoms with Crippen LogP contribution < -0.4 is 54.0 Å². The van der Waals surface area contributed by atoms with Crippen molar-refractivity contribution in [3.8, 4) is 5.75 Å². The monoisotopic (exact) mass is 1280 g/mol. The van der Waals surface area contributed by atoms with Crippen LogP contribution in [0.1, 0.15) is 58.8 Å². The van der Waals surface area contributed by atoms with Crippen molar-refractivity contribution >= 4 is 91.6 Å². The third kappa shape index (κ3) is 20.4. The number of aromatic amines is 1. The number of aliphatic carboxylic acids is 1. The van der Waals surface area contributed by atoms with Crippen molar-refractivity contribution in [1.82, 2.24) is 52.4 Å². The van der Waals surface area contributed by atoms with Gasteiger partial charge in [-0.2, -0.15) is 0 Å². The number of para-hydroxylation sites is 1. The van der Waals surface area contributed by atoms with Crippen LogP contribution in [0.5, 0.6) is 5.75 Å². The Hall–Kier alpha value is -9.28. The zero-order valence-corrected chi connectivity index (χ0v) is 51.7. The lowest BCUT2D eigenvalue weighted by molar-refractivity contribution is -0.141. The summed E-state index contributed by atoms with van der Waals surface area (Å²) < 4.78 is 0. The predicted octanol–water partition coefficient (Wildman–Crippen LogP) is 1.07. The molecule has 10 atom stereocenters. The summed E-state index contributed by atoms with van der Waals surface area (Å²) in [6, 6.07) is 25.4. The van der Waals surface area contributed by atoms with Crippen LogP contribution in [-0.4, -0.2) is 170 Å². The number of aromatic hydroxyl groups is 1. The van der Waals surface area contributed by atoms with Crippen molar-refractivity contribution in [2.24, 2.45) is 11.5 Å². The van der Waals surface area contributed by atoms with Gasteiger partial charge in [-0.25, -0.2) is 4.79 Å². The van der Waals surface area contributed by atoms with E-state index in [1.54, 1.807) is 121 Å². The maximum Gasteiger partial charge on any atom is 0.327 e. The smallest absolute Gasteiger partial charge is 0.327 e. The largest absolute Gasteiger partial charge is 0.508 e. The van der Waals surface area contributed by atoms with Gasteiger partial charge in [0.2, 0.25) is 41.4 Å². The van der Waals surface area contributed by atoms with Crippen molar-refractivity contribution < 1.29 is 63.3 Å². The minimum Gasteiger partial charge on any atom is -0.508 e. The van der Waals surface area contributed by atoms with E-state index in [1.165, 1.54) is 38.2 Å². The highest BCUT2D eigenvalue weighted by molar-refractivity contribution is 8.76. The van der Waals surface area contributed by atoms with Crippen LogP contribution in [0.3, 0.4) is 0 Å². The van der Waals surface area contributed by atoms with E-state index in [1.807, 2.05) is 0 Å². The third-order valence-electron chi connectivity index (χ3n) is 15.0. The molecule has 482 valence electrons. The number of amides is 9. The van der Waals surface area contributed by atoms with Crippen LogP contribution >= 0.6 is 21.6 Å². The van der Waals surface area contributed by atoms with Gasteiger partial charge in [0, 0.05) is 60.5 Å². The first-order chi connectivity index (χ1) is 43.7. The van der Waals surface area contributed by atoms with Crippen LogP contribution in [0.15, 0.2) is 146 Å². The molecule has 1 aliphatic heterocycles. The molecule has 2 heterocycles. The van der Waals surface area contributed by atoms with Crippen LogP contribution in [0.4, 0.5) is 0 Å². The van der Waals surface area contributed by atoms with Gasteiger partial charge in [0.25, 0.3) is 11.8 Å². The highest BCUT2D eigenvalue weighted by atomic mass is 33.1. The van der Waals surface area contributed by atoms with Gasteiger partial charge >= 0.3 is 5.97 Å². The van der Waals surface area contributed by atoms with E-state index in [4.69, 9.17) is 11.5 Å². The second-order valence-electron chi connectivity index (χ2n) is 21.9. The molecule has 27 heteroatoms. The number of nitrogens with zero attached hydrogens (tertiary/aromatic N) is 1. The van der Waals surface area contributed by atoms with Gasteiger partial charge in [0.1, 0.15) is 48.0 Å². The quantitative estimate of drug-likeness (QED) is 0.0423. The number of rotatable bonds is 18. The molecular weight excluding hydrogens is 1210 g/mol. The van der Waals surface area contributed by atoms with E-state index in [0.717, 1.165) is 26.5 Å². The summed E-state index contributed by atoms with van der Waals surface area (Å²) in [6.45, 7) is 1.41. The molecule has 25 nitrogen and oxygen atoms in total. The minimum absolute atomic E-state index is 0.0269. The molecule has 1 fully saturated rings. The fourth-order valence-electron chi connectivity index (χ4n) is 9.92. The third-order valence-corrected chi connectivity index (χ3v) is 17.4. The molecule has 1 aromatic heterocycles. The van der Waals surface area contributed by atoms with E-state index < -0.39 is 120 Å². The Morgan fingerprint density at radius 2 is 1.13 bits per heavy atom. The second kappa shape index (κ2) is 34.1. The maximum atomic E-state index is 15.3. The molecule has 0 bridgehead atoms. The van der Waals surface area contributed by atoms with Crippen LogP contribution in [0.25, 0.3) is 10.9 Å². The van der Waals surface area contributed by atoms with E-state index in [9.17, 15) is 48.9 Å². The molecule has 1 aliphatic rings. The van der Waals surface area contributed by atoms with Gasteiger partial charge in [-0.3, -0.25) is 43.2 Å². The lowest BCUT2D eigenvalue weighted by Gasteiger charge is -2.32. The van der Waals surface area contributed by atoms with Crippen molar-refractivity contribution in [2.45, 2.75) is 112 Å². The first kappa shape index (κ1) is 69.2. The molecular formula is C64H76N12O13S2. The van der Waals surface area contributed by atoms with Gasteiger partial charge in [0.05, 0.1) is 12.1 Å². The first-order valence-electron chi connectivity index (χ1n) is 29.5. The SMILES string of the molecule is C[C@@H](O)[C@H]1NC(=O)[C@H](CCCCN)NC(=O)[C@@H](Cc2c[nH]c3ccccc23)NC(=O)[C@@H](N(C)C(=O)c2ccccc2)NC(=O)[C@H](Cc2ccccc2)NC(=O)[C@@H](NC(=O)[C@@H](N)Cc2ccc(O)cc2)CSSC[C@@H](C(=O)O)NC(=O)[C@H](Cc2ccccc2)NC1=O. The number of unbranched alkanes of at least 4 members (excludes halogenated alkanes) is 1. The number of fused-ring (bicyclic) bond motifs is 1. The molecule has 0 radical (unpaired) electrons. The summed E-state index contributed by atoms with van der Waals surface area (Å²) >= 11 is 0. The number of carbonyl (C=O) groups excluding carboxylic acids is 9. The Bertz CT molecular complexity index is 3480. The van der Waals surface area contributed by atoms with Gasteiger partial charge in [0.15, 0.2) is 6.17 Å². The number of H-pyrrole nitrogens is 1. The van der Waals surface area contributed by atoms with E-state index in [0.29, 0.717) is 39.6 Å². The number of aromatic nitrogens is 1. The molecule has 0 aliphatic carbocycles. The average molecular weight is 1290 g/mol. The average Bonchev–Trinajstić information content (AvgIpc) is 2.17. The summed E-state index contributed by atoms with van der Waals surface area (Å²) in [6.07, 6.45) is -2.13. The number of hydrogen-bond donors (Lipinski definition) is 14. The number of phenols is 1.